The Balaban J connectivity index is 1.93. The summed E-state index contributed by atoms with van der Waals surface area (Å²) in [5.74, 6) is -0.338. The fourth-order valence-corrected chi connectivity index (χ4v) is 3.27. The van der Waals surface area contributed by atoms with E-state index >= 15 is 0 Å². The third-order valence-electron chi connectivity index (χ3n) is 4.06. The second-order valence-electron chi connectivity index (χ2n) is 7.15. The van der Waals surface area contributed by atoms with Crippen molar-refractivity contribution >= 4 is 34.2 Å². The molecule has 0 aliphatic heterocycles. The smallest absolute Gasteiger partial charge is 0.254 e. The molecule has 1 aromatic carbocycles. The number of amides is 3. The lowest BCUT2D eigenvalue weighted by atomic mass is 10.2. The number of rotatable bonds is 11. The topological polar surface area (TPSA) is 101 Å². The third-order valence-corrected chi connectivity index (χ3v) is 4.86. The van der Waals surface area contributed by atoms with Gasteiger partial charge in [-0.2, -0.15) is 0 Å². The highest BCUT2D eigenvalue weighted by molar-refractivity contribution is 7.13. The quantitative estimate of drug-likeness (QED) is 0.567. The van der Waals surface area contributed by atoms with Crippen molar-refractivity contribution in [2.45, 2.75) is 20.3 Å². The molecule has 0 aliphatic carbocycles. The number of thiazole rings is 1. The van der Waals surface area contributed by atoms with E-state index in [2.05, 4.69) is 15.6 Å². The number of benzene rings is 1. The Morgan fingerprint density at radius 2 is 1.90 bits per heavy atom. The predicted molar refractivity (Wildman–Crippen MR) is 117 cm³/mol. The summed E-state index contributed by atoms with van der Waals surface area (Å²) in [7, 11) is 1.54. The Bertz CT molecular complexity index is 839. The standard InChI is InChI=1S/C21H28N4O4S/c1-15(2)12-22-18(26)11-17-14-30-21(23-17)24-19(27)13-25(9-10-29-3)20(28)16-7-5-4-6-8-16/h4-8,14-15H,9-13H2,1-3H3,(H,22,26)(H,23,24,27). The average Bonchev–Trinajstić information content (AvgIpc) is 3.16. The van der Waals surface area contributed by atoms with Crippen LogP contribution in [-0.4, -0.2) is 61.0 Å². The fraction of sp³-hybridized carbons (Fsp3) is 0.429. The van der Waals surface area contributed by atoms with Crippen LogP contribution < -0.4 is 10.6 Å². The molecule has 1 aromatic heterocycles. The largest absolute Gasteiger partial charge is 0.383 e. The molecule has 0 spiro atoms. The molecule has 0 aliphatic rings. The van der Waals surface area contributed by atoms with Gasteiger partial charge in [-0.05, 0) is 18.1 Å². The molecule has 9 heteroatoms. The zero-order chi connectivity index (χ0) is 21.9. The Morgan fingerprint density at radius 3 is 2.57 bits per heavy atom. The van der Waals surface area contributed by atoms with Crippen LogP contribution in [0.2, 0.25) is 0 Å². The van der Waals surface area contributed by atoms with E-state index in [4.69, 9.17) is 4.74 Å². The molecule has 0 atom stereocenters. The lowest BCUT2D eigenvalue weighted by Crippen LogP contribution is -2.40. The molecule has 0 radical (unpaired) electrons. The molecular formula is C21H28N4O4S. The number of nitrogens with one attached hydrogen (secondary N) is 2. The van der Waals surface area contributed by atoms with Gasteiger partial charge in [-0.3, -0.25) is 14.4 Å². The molecular weight excluding hydrogens is 404 g/mol. The monoisotopic (exact) mass is 432 g/mol. The minimum absolute atomic E-state index is 0.105. The lowest BCUT2D eigenvalue weighted by Gasteiger charge is -2.21. The van der Waals surface area contributed by atoms with Crippen LogP contribution in [0.1, 0.15) is 29.9 Å². The van der Waals surface area contributed by atoms with Crippen molar-refractivity contribution in [2.75, 3.05) is 38.7 Å². The average molecular weight is 433 g/mol. The number of ether oxygens (including phenoxy) is 1. The van der Waals surface area contributed by atoms with E-state index in [1.807, 2.05) is 19.9 Å². The molecule has 2 N–H and O–H groups in total. The summed E-state index contributed by atoms with van der Waals surface area (Å²) >= 11 is 1.24. The van der Waals surface area contributed by atoms with Crippen molar-refractivity contribution in [3.05, 3.63) is 47.0 Å². The van der Waals surface area contributed by atoms with Gasteiger partial charge in [-0.1, -0.05) is 32.0 Å². The first-order valence-corrected chi connectivity index (χ1v) is 10.6. The van der Waals surface area contributed by atoms with E-state index < -0.39 is 0 Å². The molecule has 0 fully saturated rings. The van der Waals surface area contributed by atoms with Crippen molar-refractivity contribution in [3.63, 3.8) is 0 Å². The van der Waals surface area contributed by atoms with E-state index in [9.17, 15) is 14.4 Å². The number of nitrogens with zero attached hydrogens (tertiary/aromatic N) is 2. The van der Waals surface area contributed by atoms with Gasteiger partial charge in [0.1, 0.15) is 6.54 Å². The van der Waals surface area contributed by atoms with Gasteiger partial charge in [-0.15, -0.1) is 11.3 Å². The van der Waals surface area contributed by atoms with Crippen LogP contribution >= 0.6 is 11.3 Å². The Labute approximate surface area is 180 Å². The third kappa shape index (κ3) is 7.92. The first-order valence-electron chi connectivity index (χ1n) is 9.73. The van der Waals surface area contributed by atoms with E-state index in [0.29, 0.717) is 35.5 Å². The predicted octanol–water partition coefficient (Wildman–Crippen LogP) is 2.19. The molecule has 162 valence electrons. The van der Waals surface area contributed by atoms with Crippen molar-refractivity contribution in [1.29, 1.82) is 0 Å². The maximum Gasteiger partial charge on any atom is 0.254 e. The minimum atomic E-state index is -0.361. The summed E-state index contributed by atoms with van der Waals surface area (Å²) in [6.07, 6.45) is 0.158. The number of anilines is 1. The lowest BCUT2D eigenvalue weighted by molar-refractivity contribution is -0.120. The number of hydrogen-bond donors (Lipinski definition) is 2. The van der Waals surface area contributed by atoms with Crippen LogP contribution in [0.15, 0.2) is 35.7 Å². The molecule has 1 heterocycles. The van der Waals surface area contributed by atoms with E-state index in [1.54, 1.807) is 36.8 Å². The molecule has 0 bridgehead atoms. The van der Waals surface area contributed by atoms with Gasteiger partial charge in [0.25, 0.3) is 5.91 Å². The summed E-state index contributed by atoms with van der Waals surface area (Å²) < 4.78 is 5.06. The van der Waals surface area contributed by atoms with Crippen molar-refractivity contribution in [3.8, 4) is 0 Å². The Kier molecular flexibility index (Phi) is 9.43. The van der Waals surface area contributed by atoms with Gasteiger partial charge < -0.3 is 20.3 Å². The zero-order valence-corrected chi connectivity index (χ0v) is 18.3. The van der Waals surface area contributed by atoms with Crippen LogP contribution in [0, 0.1) is 5.92 Å². The van der Waals surface area contributed by atoms with Gasteiger partial charge in [0.2, 0.25) is 11.8 Å². The van der Waals surface area contributed by atoms with Crippen LogP contribution in [0.5, 0.6) is 0 Å². The van der Waals surface area contributed by atoms with Gasteiger partial charge in [0.05, 0.1) is 18.7 Å². The van der Waals surface area contributed by atoms with Crippen molar-refractivity contribution in [1.82, 2.24) is 15.2 Å². The van der Waals surface area contributed by atoms with Gasteiger partial charge in [-0.25, -0.2) is 4.98 Å². The molecule has 0 saturated heterocycles. The zero-order valence-electron chi connectivity index (χ0n) is 17.5. The molecule has 8 nitrogen and oxygen atoms in total. The minimum Gasteiger partial charge on any atom is -0.383 e. The molecule has 0 saturated carbocycles. The number of methoxy groups -OCH3 is 1. The van der Waals surface area contributed by atoms with Gasteiger partial charge in [0, 0.05) is 31.1 Å². The maximum absolute atomic E-state index is 12.7. The maximum atomic E-state index is 12.7. The second-order valence-corrected chi connectivity index (χ2v) is 8.01. The van der Waals surface area contributed by atoms with Gasteiger partial charge >= 0.3 is 0 Å². The van der Waals surface area contributed by atoms with Crippen molar-refractivity contribution < 1.29 is 19.1 Å². The summed E-state index contributed by atoms with van der Waals surface area (Å²) in [5.41, 5.74) is 1.10. The SMILES string of the molecule is COCCN(CC(=O)Nc1nc(CC(=O)NCC(C)C)cs1)C(=O)c1ccccc1. The molecule has 3 amide bonds. The first-order chi connectivity index (χ1) is 14.4. The summed E-state index contributed by atoms with van der Waals surface area (Å²) in [4.78, 5) is 42.8. The number of aromatic nitrogens is 1. The molecule has 2 aromatic rings. The van der Waals surface area contributed by atoms with E-state index in [1.165, 1.54) is 16.2 Å². The van der Waals surface area contributed by atoms with Crippen LogP contribution in [0.25, 0.3) is 0 Å². The molecule has 0 unspecified atom stereocenters. The highest BCUT2D eigenvalue weighted by Gasteiger charge is 2.19. The summed E-state index contributed by atoms with van der Waals surface area (Å²) in [6.45, 7) is 5.14. The van der Waals surface area contributed by atoms with E-state index in [0.717, 1.165) is 0 Å². The number of carbonyl (C=O) groups is 3. The Hall–Kier alpha value is -2.78. The number of hydrogen-bond acceptors (Lipinski definition) is 6. The Morgan fingerprint density at radius 1 is 1.17 bits per heavy atom. The molecule has 30 heavy (non-hydrogen) atoms. The highest BCUT2D eigenvalue weighted by Crippen LogP contribution is 2.16. The van der Waals surface area contributed by atoms with Crippen LogP contribution in [-0.2, 0) is 20.7 Å². The summed E-state index contributed by atoms with van der Waals surface area (Å²) in [6, 6.07) is 8.79. The van der Waals surface area contributed by atoms with Crippen LogP contribution in [0.4, 0.5) is 5.13 Å². The van der Waals surface area contributed by atoms with Gasteiger partial charge in [0.15, 0.2) is 5.13 Å². The first kappa shape index (κ1) is 23.5. The number of carbonyl (C=O) groups excluding carboxylic acids is 3. The molecule has 2 rings (SSSR count). The van der Waals surface area contributed by atoms with Crippen molar-refractivity contribution in [2.24, 2.45) is 5.92 Å². The fourth-order valence-electron chi connectivity index (χ4n) is 2.54. The normalized spacial score (nSPS) is 10.7. The van der Waals surface area contributed by atoms with Crippen LogP contribution in [0.3, 0.4) is 0 Å². The highest BCUT2D eigenvalue weighted by atomic mass is 32.1. The van der Waals surface area contributed by atoms with E-state index in [-0.39, 0.29) is 37.2 Å². The second kappa shape index (κ2) is 12.0. The summed E-state index contributed by atoms with van der Waals surface area (Å²) in [5, 5.41) is 7.67.